The number of halogens is 1. The molecule has 0 aliphatic heterocycles. The number of rotatable bonds is 7. The van der Waals surface area contributed by atoms with Crippen molar-refractivity contribution in [3.63, 3.8) is 0 Å². The van der Waals surface area contributed by atoms with Gasteiger partial charge in [0, 0.05) is 18.1 Å². The lowest BCUT2D eigenvalue weighted by molar-refractivity contribution is -0.120. The number of carbonyl (C=O) groups excluding carboxylic acids is 1. The maximum atomic E-state index is 12.4. The molecule has 3 atom stereocenters. The van der Waals surface area contributed by atoms with E-state index in [2.05, 4.69) is 29.4 Å². The van der Waals surface area contributed by atoms with Crippen LogP contribution >= 0.6 is 23.4 Å². The third-order valence-corrected chi connectivity index (χ3v) is 6.76. The fourth-order valence-corrected chi connectivity index (χ4v) is 4.31. The molecule has 0 bridgehead atoms. The van der Waals surface area contributed by atoms with Crippen LogP contribution in [0.3, 0.4) is 0 Å². The van der Waals surface area contributed by atoms with Gasteiger partial charge in [-0.05, 0) is 42.5 Å². The quantitative estimate of drug-likeness (QED) is 0.681. The number of benzene rings is 1. The van der Waals surface area contributed by atoms with E-state index >= 15 is 0 Å². The van der Waals surface area contributed by atoms with Gasteiger partial charge in [0.25, 0.3) is 0 Å². The molecule has 1 aliphatic carbocycles. The largest absolute Gasteiger partial charge is 0.486 e. The monoisotopic (exact) mass is 422 g/mol. The van der Waals surface area contributed by atoms with Gasteiger partial charge in [-0.1, -0.05) is 50.1 Å². The van der Waals surface area contributed by atoms with Gasteiger partial charge in [-0.3, -0.25) is 4.79 Å². The summed E-state index contributed by atoms with van der Waals surface area (Å²) < 4.78 is 7.58. The van der Waals surface area contributed by atoms with Crippen molar-refractivity contribution in [1.82, 2.24) is 20.1 Å². The Morgan fingerprint density at radius 3 is 2.79 bits per heavy atom. The molecule has 8 heteroatoms. The van der Waals surface area contributed by atoms with Crippen molar-refractivity contribution in [3.05, 3.63) is 35.1 Å². The smallest absolute Gasteiger partial charge is 0.230 e. The van der Waals surface area contributed by atoms with Crippen LogP contribution in [0.25, 0.3) is 0 Å². The van der Waals surface area contributed by atoms with Crippen LogP contribution in [0.4, 0.5) is 0 Å². The minimum absolute atomic E-state index is 0.0536. The molecule has 1 aromatic carbocycles. The maximum absolute atomic E-state index is 12.4. The third kappa shape index (κ3) is 5.41. The first-order valence-electron chi connectivity index (χ1n) is 9.63. The first kappa shape index (κ1) is 21.0. The van der Waals surface area contributed by atoms with Crippen LogP contribution in [-0.2, 0) is 18.4 Å². The van der Waals surface area contributed by atoms with Gasteiger partial charge in [-0.15, -0.1) is 10.2 Å². The second kappa shape index (κ2) is 9.65. The lowest BCUT2D eigenvalue weighted by atomic mass is 9.78. The van der Waals surface area contributed by atoms with E-state index < -0.39 is 0 Å². The molecule has 1 N–H and O–H groups in total. The summed E-state index contributed by atoms with van der Waals surface area (Å²) in [7, 11) is 1.88. The van der Waals surface area contributed by atoms with Gasteiger partial charge >= 0.3 is 0 Å². The van der Waals surface area contributed by atoms with Crippen LogP contribution in [0.15, 0.2) is 29.4 Å². The Bertz CT molecular complexity index is 796. The predicted octanol–water partition coefficient (Wildman–Crippen LogP) is 4.08. The second-order valence-electron chi connectivity index (χ2n) is 7.43. The van der Waals surface area contributed by atoms with E-state index in [1.807, 2.05) is 23.7 Å². The molecular weight excluding hydrogens is 396 g/mol. The average Bonchev–Trinajstić information content (AvgIpc) is 3.03. The lowest BCUT2D eigenvalue weighted by Crippen LogP contribution is -2.44. The highest BCUT2D eigenvalue weighted by atomic mass is 35.5. The number of thioether (sulfide) groups is 1. The standard InChI is InChI=1S/C20H27ClN4O2S/c1-13-5-4-6-17(14(13)2)22-19(26)12-28-20-24-23-18(25(20)3)11-27-16-9-7-15(21)8-10-16/h7-10,13-14,17H,4-6,11-12H2,1-3H3,(H,22,26). The van der Waals surface area contributed by atoms with E-state index in [9.17, 15) is 4.79 Å². The average molecular weight is 423 g/mol. The van der Waals surface area contributed by atoms with Crippen molar-refractivity contribution in [1.29, 1.82) is 0 Å². The number of ether oxygens (including phenoxy) is 1. The summed E-state index contributed by atoms with van der Waals surface area (Å²) in [6.07, 6.45) is 3.50. The number of nitrogens with one attached hydrogen (secondary N) is 1. The summed E-state index contributed by atoms with van der Waals surface area (Å²) in [6.45, 7) is 4.80. The number of aromatic nitrogens is 3. The van der Waals surface area contributed by atoms with Crippen LogP contribution < -0.4 is 10.1 Å². The molecule has 1 aliphatic rings. The molecular formula is C20H27ClN4O2S. The van der Waals surface area contributed by atoms with Gasteiger partial charge in [0.2, 0.25) is 5.91 Å². The molecule has 28 heavy (non-hydrogen) atoms. The Hall–Kier alpha value is -1.73. The highest BCUT2D eigenvalue weighted by Crippen LogP contribution is 2.29. The van der Waals surface area contributed by atoms with E-state index in [1.54, 1.807) is 12.1 Å². The van der Waals surface area contributed by atoms with E-state index in [0.29, 0.717) is 40.2 Å². The Balaban J connectivity index is 1.48. The topological polar surface area (TPSA) is 69.0 Å². The highest BCUT2D eigenvalue weighted by Gasteiger charge is 2.28. The molecule has 1 fully saturated rings. The first-order valence-corrected chi connectivity index (χ1v) is 11.0. The molecule has 6 nitrogen and oxygen atoms in total. The fourth-order valence-electron chi connectivity index (χ4n) is 3.44. The molecule has 1 heterocycles. The fraction of sp³-hybridized carbons (Fsp3) is 0.550. The molecule has 0 radical (unpaired) electrons. The molecule has 152 valence electrons. The molecule has 0 saturated heterocycles. The van der Waals surface area contributed by atoms with E-state index in [0.717, 1.165) is 12.2 Å². The third-order valence-electron chi connectivity index (χ3n) is 5.49. The van der Waals surface area contributed by atoms with Crippen LogP contribution in [0.1, 0.15) is 38.9 Å². The van der Waals surface area contributed by atoms with Crippen molar-refractivity contribution in [2.45, 2.75) is 50.9 Å². The summed E-state index contributed by atoms with van der Waals surface area (Å²) in [4.78, 5) is 12.4. The lowest BCUT2D eigenvalue weighted by Gasteiger charge is -2.34. The zero-order chi connectivity index (χ0) is 20.1. The Kier molecular flexibility index (Phi) is 7.24. The SMILES string of the molecule is CC1CCCC(NC(=O)CSc2nnc(COc3ccc(Cl)cc3)n2C)C1C. The molecule has 0 spiro atoms. The molecule has 1 saturated carbocycles. The molecule has 3 rings (SSSR count). The Labute approximate surface area is 175 Å². The van der Waals surface area contributed by atoms with E-state index in [1.165, 1.54) is 24.6 Å². The van der Waals surface area contributed by atoms with Crippen LogP contribution in [0, 0.1) is 11.8 Å². The molecule has 1 aromatic heterocycles. The highest BCUT2D eigenvalue weighted by molar-refractivity contribution is 7.99. The van der Waals surface area contributed by atoms with Crippen LogP contribution in [0.5, 0.6) is 5.75 Å². The van der Waals surface area contributed by atoms with Crippen LogP contribution in [-0.4, -0.2) is 32.5 Å². The summed E-state index contributed by atoms with van der Waals surface area (Å²) in [5, 5.41) is 12.9. The maximum Gasteiger partial charge on any atom is 0.230 e. The molecule has 3 unspecified atom stereocenters. The van der Waals surface area contributed by atoms with E-state index in [4.69, 9.17) is 16.3 Å². The number of nitrogens with zero attached hydrogens (tertiary/aromatic N) is 3. The first-order chi connectivity index (χ1) is 13.4. The summed E-state index contributed by atoms with van der Waals surface area (Å²) in [5.74, 6) is 2.99. The number of hydrogen-bond acceptors (Lipinski definition) is 5. The number of amides is 1. The zero-order valence-corrected chi connectivity index (χ0v) is 18.1. The van der Waals surface area contributed by atoms with Gasteiger partial charge < -0.3 is 14.6 Å². The van der Waals surface area contributed by atoms with Gasteiger partial charge in [0.15, 0.2) is 11.0 Å². The Morgan fingerprint density at radius 2 is 2.04 bits per heavy atom. The molecule has 2 aromatic rings. The van der Waals surface area contributed by atoms with Gasteiger partial charge in [-0.2, -0.15) is 0 Å². The minimum atomic E-state index is 0.0536. The van der Waals surface area contributed by atoms with Crippen LogP contribution in [0.2, 0.25) is 5.02 Å². The van der Waals surface area contributed by atoms with E-state index in [-0.39, 0.29) is 11.9 Å². The summed E-state index contributed by atoms with van der Waals surface area (Å²) in [6, 6.07) is 7.46. The Morgan fingerprint density at radius 1 is 1.29 bits per heavy atom. The summed E-state index contributed by atoms with van der Waals surface area (Å²) in [5.41, 5.74) is 0. The summed E-state index contributed by atoms with van der Waals surface area (Å²) >= 11 is 7.27. The normalized spacial score (nSPS) is 22.1. The number of hydrogen-bond donors (Lipinski definition) is 1. The predicted molar refractivity (Wildman–Crippen MR) is 112 cm³/mol. The van der Waals surface area contributed by atoms with Crippen molar-refractivity contribution in [2.75, 3.05) is 5.75 Å². The van der Waals surface area contributed by atoms with Gasteiger partial charge in [0.05, 0.1) is 5.75 Å². The van der Waals surface area contributed by atoms with Crippen molar-refractivity contribution < 1.29 is 9.53 Å². The van der Waals surface area contributed by atoms with Crippen molar-refractivity contribution in [3.8, 4) is 5.75 Å². The van der Waals surface area contributed by atoms with Crippen molar-refractivity contribution in [2.24, 2.45) is 18.9 Å². The van der Waals surface area contributed by atoms with Gasteiger partial charge in [0.1, 0.15) is 12.4 Å². The molecule has 1 amide bonds. The minimum Gasteiger partial charge on any atom is -0.486 e. The second-order valence-corrected chi connectivity index (χ2v) is 8.81. The number of carbonyl (C=O) groups is 1. The van der Waals surface area contributed by atoms with Crippen molar-refractivity contribution >= 4 is 29.3 Å². The zero-order valence-electron chi connectivity index (χ0n) is 16.5. The van der Waals surface area contributed by atoms with Gasteiger partial charge in [-0.25, -0.2) is 0 Å².